The summed E-state index contributed by atoms with van der Waals surface area (Å²) in [5, 5.41) is 8.28. The second kappa shape index (κ2) is 4.02. The highest BCUT2D eigenvalue weighted by molar-refractivity contribution is 9.10. The smallest absolute Gasteiger partial charge is 0.165 e. The SMILES string of the molecule is Cc1nnn2c1-c1ccc(Br)cc1C(=O)CC2C. The highest BCUT2D eigenvalue weighted by atomic mass is 79.9. The number of hydrogen-bond acceptors (Lipinski definition) is 3. The Balaban J connectivity index is 2.35. The molecule has 0 spiro atoms. The van der Waals surface area contributed by atoms with Crippen LogP contribution >= 0.6 is 15.9 Å². The van der Waals surface area contributed by atoms with Crippen molar-refractivity contribution in [3.8, 4) is 11.3 Å². The van der Waals surface area contributed by atoms with Crippen molar-refractivity contribution in [1.29, 1.82) is 0 Å². The van der Waals surface area contributed by atoms with Crippen molar-refractivity contribution in [2.45, 2.75) is 26.3 Å². The summed E-state index contributed by atoms with van der Waals surface area (Å²) in [6.07, 6.45) is 0.458. The van der Waals surface area contributed by atoms with Gasteiger partial charge in [-0.2, -0.15) is 0 Å². The Hall–Kier alpha value is -1.49. The van der Waals surface area contributed by atoms with Crippen molar-refractivity contribution in [3.63, 3.8) is 0 Å². The molecule has 1 aromatic heterocycles. The number of halogens is 1. The summed E-state index contributed by atoms with van der Waals surface area (Å²) in [5.74, 6) is 0.156. The number of fused-ring (bicyclic) bond motifs is 3. The quantitative estimate of drug-likeness (QED) is 0.751. The number of hydrogen-bond donors (Lipinski definition) is 0. The summed E-state index contributed by atoms with van der Waals surface area (Å²) in [4.78, 5) is 12.3. The zero-order chi connectivity index (χ0) is 12.9. The van der Waals surface area contributed by atoms with Gasteiger partial charge in [-0.1, -0.05) is 27.2 Å². The van der Waals surface area contributed by atoms with E-state index in [9.17, 15) is 4.79 Å². The van der Waals surface area contributed by atoms with E-state index in [1.807, 2.05) is 36.7 Å². The number of benzene rings is 1. The second-order valence-electron chi connectivity index (χ2n) is 4.63. The molecular formula is C13H12BrN3O. The van der Waals surface area contributed by atoms with Gasteiger partial charge in [-0.15, -0.1) is 5.10 Å². The number of Topliss-reactive ketones (excluding diaryl/α,β-unsaturated/α-hetero) is 1. The van der Waals surface area contributed by atoms with Crippen molar-refractivity contribution in [2.24, 2.45) is 0 Å². The lowest BCUT2D eigenvalue weighted by atomic mass is 9.99. The molecule has 0 radical (unpaired) electrons. The number of carbonyl (C=O) groups excluding carboxylic acids is 1. The zero-order valence-corrected chi connectivity index (χ0v) is 11.7. The molecule has 0 aliphatic carbocycles. The van der Waals surface area contributed by atoms with Gasteiger partial charge in [0.05, 0.1) is 17.4 Å². The molecule has 0 saturated carbocycles. The molecule has 0 saturated heterocycles. The topological polar surface area (TPSA) is 47.8 Å². The number of aryl methyl sites for hydroxylation is 1. The highest BCUT2D eigenvalue weighted by Gasteiger charge is 2.27. The molecule has 1 atom stereocenters. The molecule has 1 aliphatic rings. The van der Waals surface area contributed by atoms with Gasteiger partial charge in [0.1, 0.15) is 0 Å². The summed E-state index contributed by atoms with van der Waals surface area (Å²) in [5.41, 5.74) is 3.49. The van der Waals surface area contributed by atoms with Crippen molar-refractivity contribution >= 4 is 21.7 Å². The minimum absolute atomic E-state index is 0.0416. The molecule has 0 amide bonds. The normalized spacial score (nSPS) is 18.2. The molecule has 4 nitrogen and oxygen atoms in total. The maximum absolute atomic E-state index is 12.3. The molecule has 1 aromatic carbocycles. The Morgan fingerprint density at radius 1 is 1.39 bits per heavy atom. The van der Waals surface area contributed by atoms with Crippen LogP contribution in [0.2, 0.25) is 0 Å². The third-order valence-electron chi connectivity index (χ3n) is 3.30. The van der Waals surface area contributed by atoms with E-state index >= 15 is 0 Å². The van der Waals surface area contributed by atoms with E-state index in [0.29, 0.717) is 6.42 Å². The lowest BCUT2D eigenvalue weighted by molar-refractivity contribution is 0.0967. The van der Waals surface area contributed by atoms with Crippen molar-refractivity contribution < 1.29 is 4.79 Å². The summed E-state index contributed by atoms with van der Waals surface area (Å²) in [7, 11) is 0. The van der Waals surface area contributed by atoms with E-state index in [1.54, 1.807) is 0 Å². The molecule has 92 valence electrons. The first-order valence-electron chi connectivity index (χ1n) is 5.83. The van der Waals surface area contributed by atoms with Crippen LogP contribution in [0.15, 0.2) is 22.7 Å². The molecule has 1 aliphatic heterocycles. The summed E-state index contributed by atoms with van der Waals surface area (Å²) < 4.78 is 2.77. The Morgan fingerprint density at radius 3 is 2.94 bits per heavy atom. The van der Waals surface area contributed by atoms with Crippen LogP contribution in [0.1, 0.15) is 35.4 Å². The fourth-order valence-electron chi connectivity index (χ4n) is 2.42. The lowest BCUT2D eigenvalue weighted by Crippen LogP contribution is -2.09. The minimum Gasteiger partial charge on any atom is -0.294 e. The van der Waals surface area contributed by atoms with Gasteiger partial charge in [-0.25, -0.2) is 4.68 Å². The fourth-order valence-corrected chi connectivity index (χ4v) is 2.78. The van der Waals surface area contributed by atoms with Gasteiger partial charge in [0, 0.05) is 22.0 Å². The maximum Gasteiger partial charge on any atom is 0.165 e. The second-order valence-corrected chi connectivity index (χ2v) is 5.55. The molecule has 0 fully saturated rings. The fraction of sp³-hybridized carbons (Fsp3) is 0.308. The lowest BCUT2D eigenvalue weighted by Gasteiger charge is -2.09. The molecule has 18 heavy (non-hydrogen) atoms. The van der Waals surface area contributed by atoms with Crippen LogP contribution in [0.4, 0.5) is 0 Å². The first kappa shape index (κ1) is 11.6. The van der Waals surface area contributed by atoms with E-state index in [2.05, 4.69) is 26.2 Å². The van der Waals surface area contributed by atoms with E-state index in [1.165, 1.54) is 0 Å². The Kier molecular flexibility index (Phi) is 2.59. The zero-order valence-electron chi connectivity index (χ0n) is 10.1. The molecule has 2 heterocycles. The van der Waals surface area contributed by atoms with Crippen molar-refractivity contribution in [2.75, 3.05) is 0 Å². The van der Waals surface area contributed by atoms with E-state index in [-0.39, 0.29) is 11.8 Å². The van der Waals surface area contributed by atoms with E-state index in [4.69, 9.17) is 0 Å². The Morgan fingerprint density at radius 2 is 2.17 bits per heavy atom. The van der Waals surface area contributed by atoms with E-state index in [0.717, 1.165) is 27.0 Å². The summed E-state index contributed by atoms with van der Waals surface area (Å²) in [6, 6.07) is 5.82. The van der Waals surface area contributed by atoms with Gasteiger partial charge in [0.15, 0.2) is 5.78 Å². The van der Waals surface area contributed by atoms with Crippen molar-refractivity contribution in [3.05, 3.63) is 33.9 Å². The number of nitrogens with zero attached hydrogens (tertiary/aromatic N) is 3. The van der Waals surface area contributed by atoms with Gasteiger partial charge < -0.3 is 0 Å². The first-order valence-corrected chi connectivity index (χ1v) is 6.62. The van der Waals surface area contributed by atoms with Gasteiger partial charge in [-0.05, 0) is 26.0 Å². The van der Waals surface area contributed by atoms with Crippen LogP contribution in [0, 0.1) is 6.92 Å². The van der Waals surface area contributed by atoms with Gasteiger partial charge in [-0.3, -0.25) is 4.79 Å². The summed E-state index contributed by atoms with van der Waals surface area (Å²) >= 11 is 3.42. The number of rotatable bonds is 0. The average Bonchev–Trinajstić information content (AvgIpc) is 2.66. The van der Waals surface area contributed by atoms with Crippen LogP contribution in [0.25, 0.3) is 11.3 Å². The Labute approximate surface area is 113 Å². The molecule has 0 N–H and O–H groups in total. The third kappa shape index (κ3) is 1.61. The van der Waals surface area contributed by atoms with Crippen LogP contribution < -0.4 is 0 Å². The van der Waals surface area contributed by atoms with Gasteiger partial charge >= 0.3 is 0 Å². The number of carbonyl (C=O) groups is 1. The molecule has 2 aromatic rings. The van der Waals surface area contributed by atoms with E-state index < -0.39 is 0 Å². The van der Waals surface area contributed by atoms with Crippen LogP contribution in [0.3, 0.4) is 0 Å². The molecule has 0 bridgehead atoms. The predicted octanol–water partition coefficient (Wildman–Crippen LogP) is 3.16. The van der Waals surface area contributed by atoms with Crippen LogP contribution in [-0.2, 0) is 0 Å². The van der Waals surface area contributed by atoms with Crippen LogP contribution in [-0.4, -0.2) is 20.8 Å². The van der Waals surface area contributed by atoms with Crippen LogP contribution in [0.5, 0.6) is 0 Å². The van der Waals surface area contributed by atoms with Gasteiger partial charge in [0.2, 0.25) is 0 Å². The number of ketones is 1. The Bertz CT molecular complexity index is 648. The molecule has 3 rings (SSSR count). The summed E-state index contributed by atoms with van der Waals surface area (Å²) in [6.45, 7) is 3.92. The van der Waals surface area contributed by atoms with Crippen molar-refractivity contribution in [1.82, 2.24) is 15.0 Å². The predicted molar refractivity (Wildman–Crippen MR) is 71.6 cm³/mol. The molecular weight excluding hydrogens is 294 g/mol. The van der Waals surface area contributed by atoms with Gasteiger partial charge in [0.25, 0.3) is 0 Å². The monoisotopic (exact) mass is 305 g/mol. The largest absolute Gasteiger partial charge is 0.294 e. The molecule has 1 unspecified atom stereocenters. The minimum atomic E-state index is 0.0416. The maximum atomic E-state index is 12.3. The number of aromatic nitrogens is 3. The first-order chi connectivity index (χ1) is 8.58. The average molecular weight is 306 g/mol. The highest BCUT2D eigenvalue weighted by Crippen LogP contribution is 2.35. The molecule has 5 heteroatoms. The standard InChI is InChI=1S/C13H12BrN3O/c1-7-5-12(18)11-6-9(14)3-4-10(11)13-8(2)15-16-17(7)13/h3-4,6-7H,5H2,1-2H3. The third-order valence-corrected chi connectivity index (χ3v) is 3.79.